The number of carboxylic acid groups (broad SMARTS) is 1. The number of benzene rings is 2. The Morgan fingerprint density at radius 1 is 1.05 bits per heavy atom. The van der Waals surface area contributed by atoms with Crippen molar-refractivity contribution in [2.75, 3.05) is 10.6 Å². The van der Waals surface area contributed by atoms with E-state index in [0.29, 0.717) is 24.1 Å². The summed E-state index contributed by atoms with van der Waals surface area (Å²) >= 11 is 12.1. The van der Waals surface area contributed by atoms with E-state index in [4.69, 9.17) is 23.2 Å². The number of aliphatic carboxylic acids is 1. The highest BCUT2D eigenvalue weighted by atomic mass is 35.5. The van der Waals surface area contributed by atoms with E-state index < -0.39 is 17.9 Å². The van der Waals surface area contributed by atoms with Crippen molar-refractivity contribution in [2.45, 2.75) is 44.2 Å². The summed E-state index contributed by atoms with van der Waals surface area (Å²) in [6.45, 7) is 0. The number of nitrogens with zero attached hydrogens (tertiary/aromatic N) is 1. The number of halogens is 2. The zero-order valence-electron chi connectivity index (χ0n) is 19.8. The molecular weight excluding hydrogens is 515 g/mol. The largest absolute Gasteiger partial charge is 0.480 e. The predicted octanol–water partition coefficient (Wildman–Crippen LogP) is 4.96. The van der Waals surface area contributed by atoms with Crippen molar-refractivity contribution >= 4 is 52.5 Å². The smallest absolute Gasteiger partial charge is 0.326 e. The molecule has 0 aliphatic carbocycles. The first-order valence-corrected chi connectivity index (χ1v) is 12.6. The molecule has 2 amide bonds. The lowest BCUT2D eigenvalue weighted by atomic mass is 9.97. The van der Waals surface area contributed by atoms with E-state index in [1.165, 1.54) is 17.7 Å². The fourth-order valence-electron chi connectivity index (χ4n) is 4.22. The van der Waals surface area contributed by atoms with Gasteiger partial charge in [-0.15, -0.1) is 0 Å². The van der Waals surface area contributed by atoms with E-state index in [9.17, 15) is 19.5 Å². The first-order chi connectivity index (χ1) is 17.8. The molecule has 0 bridgehead atoms. The standard InChI is InChI=1S/C27H26Cl2N4O4/c28-20-4-1-5-21(29)24(20)26(35)33-22(27(36)37)15-16-6-9-18(10-7-16)31-23(34)13-12-19-11-8-17-3-2-14-30-25(17)32-19/h1-7,9-10,14,19,22H,8,11-13,15H2,(H,30,32)(H,31,34)(H,33,35)(H,36,37)/t19?,22-/m0/s1. The van der Waals surface area contributed by atoms with Crippen LogP contribution in [0.1, 0.15) is 40.7 Å². The molecule has 8 nitrogen and oxygen atoms in total. The molecule has 10 heteroatoms. The van der Waals surface area contributed by atoms with Crippen molar-refractivity contribution in [1.29, 1.82) is 0 Å². The SMILES string of the molecule is O=C(CCC1CCc2cccnc2N1)Nc1ccc(C[C@H](NC(=O)c2c(Cl)cccc2Cl)C(=O)O)cc1. The van der Waals surface area contributed by atoms with Crippen molar-refractivity contribution in [3.63, 3.8) is 0 Å². The molecule has 1 aromatic heterocycles. The Balaban J connectivity index is 1.28. The summed E-state index contributed by atoms with van der Waals surface area (Å²) in [5.41, 5.74) is 2.50. The molecule has 3 aromatic rings. The van der Waals surface area contributed by atoms with Crippen LogP contribution in [0.3, 0.4) is 0 Å². The van der Waals surface area contributed by atoms with Crippen LogP contribution in [0.2, 0.25) is 10.0 Å². The quantitative estimate of drug-likeness (QED) is 0.304. The Bertz CT molecular complexity index is 1280. The minimum Gasteiger partial charge on any atom is -0.480 e. The third kappa shape index (κ3) is 6.99. The molecule has 0 saturated carbocycles. The maximum absolute atomic E-state index is 12.6. The van der Waals surface area contributed by atoms with Gasteiger partial charge in [0.05, 0.1) is 15.6 Å². The molecule has 192 valence electrons. The van der Waals surface area contributed by atoms with E-state index in [2.05, 4.69) is 27.0 Å². The average Bonchev–Trinajstić information content (AvgIpc) is 2.88. The lowest BCUT2D eigenvalue weighted by molar-refractivity contribution is -0.139. The van der Waals surface area contributed by atoms with Crippen molar-refractivity contribution in [3.05, 3.63) is 87.5 Å². The number of rotatable bonds is 9. The zero-order chi connectivity index (χ0) is 26.4. The number of hydrogen-bond donors (Lipinski definition) is 4. The van der Waals surface area contributed by atoms with Crippen LogP contribution in [-0.4, -0.2) is 40.0 Å². The first kappa shape index (κ1) is 26.4. The zero-order valence-corrected chi connectivity index (χ0v) is 21.4. The lowest BCUT2D eigenvalue weighted by Gasteiger charge is -2.25. The molecular formula is C27H26Cl2N4O4. The Kier molecular flexibility index (Phi) is 8.63. The first-order valence-electron chi connectivity index (χ1n) is 11.9. The van der Waals surface area contributed by atoms with Crippen LogP contribution >= 0.6 is 23.2 Å². The molecule has 2 atom stereocenters. The van der Waals surface area contributed by atoms with Crippen LogP contribution < -0.4 is 16.0 Å². The van der Waals surface area contributed by atoms with Crippen molar-refractivity contribution in [2.24, 2.45) is 0 Å². The fourth-order valence-corrected chi connectivity index (χ4v) is 4.79. The minimum absolute atomic E-state index is 0.0269. The number of carbonyl (C=O) groups excluding carboxylic acids is 2. The van der Waals surface area contributed by atoms with Crippen LogP contribution in [0.15, 0.2) is 60.8 Å². The average molecular weight is 541 g/mol. The highest BCUT2D eigenvalue weighted by Crippen LogP contribution is 2.25. The highest BCUT2D eigenvalue weighted by molar-refractivity contribution is 6.39. The highest BCUT2D eigenvalue weighted by Gasteiger charge is 2.24. The summed E-state index contributed by atoms with van der Waals surface area (Å²) in [7, 11) is 0. The minimum atomic E-state index is -1.19. The van der Waals surface area contributed by atoms with Gasteiger partial charge in [-0.3, -0.25) is 9.59 Å². The fraction of sp³-hybridized carbons (Fsp3) is 0.259. The van der Waals surface area contributed by atoms with Gasteiger partial charge in [-0.25, -0.2) is 9.78 Å². The molecule has 4 rings (SSSR count). The molecule has 0 fully saturated rings. The van der Waals surface area contributed by atoms with E-state index in [1.807, 2.05) is 6.07 Å². The second-order valence-corrected chi connectivity index (χ2v) is 9.65. The maximum Gasteiger partial charge on any atom is 0.326 e. The molecule has 0 saturated heterocycles. The topological polar surface area (TPSA) is 120 Å². The van der Waals surface area contributed by atoms with Gasteiger partial charge in [0.15, 0.2) is 0 Å². The second kappa shape index (κ2) is 12.1. The van der Waals surface area contributed by atoms with E-state index in [0.717, 1.165) is 18.7 Å². The normalized spacial score (nSPS) is 15.1. The molecule has 2 heterocycles. The Labute approximate surface area is 224 Å². The van der Waals surface area contributed by atoms with Gasteiger partial charge in [-0.2, -0.15) is 0 Å². The third-order valence-corrected chi connectivity index (χ3v) is 6.81. The summed E-state index contributed by atoms with van der Waals surface area (Å²) < 4.78 is 0. The van der Waals surface area contributed by atoms with E-state index in [1.54, 1.807) is 36.5 Å². The predicted molar refractivity (Wildman–Crippen MR) is 143 cm³/mol. The number of aryl methyl sites for hydroxylation is 1. The monoisotopic (exact) mass is 540 g/mol. The molecule has 37 heavy (non-hydrogen) atoms. The lowest BCUT2D eigenvalue weighted by Crippen LogP contribution is -2.42. The number of pyridine rings is 1. The number of aromatic nitrogens is 1. The molecule has 1 aliphatic rings. The van der Waals surface area contributed by atoms with E-state index >= 15 is 0 Å². The Hall–Kier alpha value is -3.62. The Morgan fingerprint density at radius 2 is 1.78 bits per heavy atom. The third-order valence-electron chi connectivity index (χ3n) is 6.18. The van der Waals surface area contributed by atoms with Crippen molar-refractivity contribution < 1.29 is 19.5 Å². The van der Waals surface area contributed by atoms with Crippen LogP contribution in [0.4, 0.5) is 11.5 Å². The number of carboxylic acids is 1. The van der Waals surface area contributed by atoms with Crippen molar-refractivity contribution in [3.8, 4) is 0 Å². The van der Waals surface area contributed by atoms with Gasteiger partial charge in [-0.05, 0) is 60.7 Å². The summed E-state index contributed by atoms with van der Waals surface area (Å²) in [6, 6.07) is 14.4. The van der Waals surface area contributed by atoms with Crippen molar-refractivity contribution in [1.82, 2.24) is 10.3 Å². The van der Waals surface area contributed by atoms with Crippen LogP contribution in [0.25, 0.3) is 0 Å². The summed E-state index contributed by atoms with van der Waals surface area (Å²) in [5.74, 6) is -1.07. The van der Waals surface area contributed by atoms with Gasteiger partial charge >= 0.3 is 5.97 Å². The van der Waals surface area contributed by atoms with Crippen LogP contribution in [0, 0.1) is 0 Å². The number of fused-ring (bicyclic) bond motifs is 1. The number of carbonyl (C=O) groups is 3. The molecule has 0 spiro atoms. The number of nitrogens with one attached hydrogen (secondary N) is 3. The summed E-state index contributed by atoms with van der Waals surface area (Å²) in [6.07, 6.45) is 4.73. The van der Waals surface area contributed by atoms with Gasteiger partial charge < -0.3 is 21.1 Å². The second-order valence-electron chi connectivity index (χ2n) is 8.84. The van der Waals surface area contributed by atoms with Gasteiger partial charge in [0.1, 0.15) is 11.9 Å². The van der Waals surface area contributed by atoms with Gasteiger partial charge in [0, 0.05) is 30.8 Å². The van der Waals surface area contributed by atoms with E-state index in [-0.39, 0.29) is 34.0 Å². The Morgan fingerprint density at radius 3 is 2.49 bits per heavy atom. The molecule has 2 aromatic carbocycles. The number of hydrogen-bond acceptors (Lipinski definition) is 5. The van der Waals surface area contributed by atoms with Crippen LogP contribution in [0.5, 0.6) is 0 Å². The van der Waals surface area contributed by atoms with Gasteiger partial charge in [0.2, 0.25) is 5.91 Å². The number of amides is 2. The summed E-state index contributed by atoms with van der Waals surface area (Å²) in [4.78, 5) is 41.2. The summed E-state index contributed by atoms with van der Waals surface area (Å²) in [5, 5.41) is 18.6. The number of anilines is 2. The molecule has 0 radical (unpaired) electrons. The van der Waals surface area contributed by atoms with Gasteiger partial charge in [-0.1, -0.05) is 47.5 Å². The molecule has 1 aliphatic heterocycles. The van der Waals surface area contributed by atoms with Gasteiger partial charge in [0.25, 0.3) is 5.91 Å². The maximum atomic E-state index is 12.6. The molecule has 4 N–H and O–H groups in total. The molecule has 1 unspecified atom stereocenters. The van der Waals surface area contributed by atoms with Crippen LogP contribution in [-0.2, 0) is 22.4 Å².